The molecule has 0 aromatic rings. The number of esters is 3. The van der Waals surface area contributed by atoms with E-state index in [4.69, 9.17) is 14.2 Å². The Bertz CT molecular complexity index is 1480. The van der Waals surface area contributed by atoms with Crippen LogP contribution in [0, 0.1) is 0 Å². The molecule has 0 fully saturated rings. The van der Waals surface area contributed by atoms with Gasteiger partial charge in [0, 0.05) is 19.3 Å². The molecule has 0 aromatic carbocycles. The van der Waals surface area contributed by atoms with Gasteiger partial charge in [-0.3, -0.25) is 14.4 Å². The van der Waals surface area contributed by atoms with E-state index in [0.717, 1.165) is 135 Å². The molecule has 1 unspecified atom stereocenters. The quantitative estimate of drug-likeness (QED) is 0.0261. The van der Waals surface area contributed by atoms with Gasteiger partial charge in [-0.15, -0.1) is 0 Å². The molecule has 6 nitrogen and oxygen atoms in total. The molecule has 0 N–H and O–H groups in total. The highest BCUT2D eigenvalue weighted by atomic mass is 16.6. The molecule has 0 radical (unpaired) electrons. The number of rotatable bonds is 57. The third kappa shape index (κ3) is 61.1. The van der Waals surface area contributed by atoms with Gasteiger partial charge in [0.25, 0.3) is 0 Å². The van der Waals surface area contributed by atoms with Crippen molar-refractivity contribution < 1.29 is 28.6 Å². The van der Waals surface area contributed by atoms with Gasteiger partial charge in [-0.25, -0.2) is 0 Å². The molecule has 0 amide bonds. The lowest BCUT2D eigenvalue weighted by Crippen LogP contribution is -2.30. The topological polar surface area (TPSA) is 78.9 Å². The third-order valence-electron chi connectivity index (χ3n) is 13.5. The molecule has 0 rings (SSSR count). The second-order valence-corrected chi connectivity index (χ2v) is 20.9. The normalized spacial score (nSPS) is 12.7. The summed E-state index contributed by atoms with van der Waals surface area (Å²) in [5.41, 5.74) is 0. The zero-order chi connectivity index (χ0) is 54.3. The number of carbonyl (C=O) groups excluding carboxylic acids is 3. The SMILES string of the molecule is CC/C=C\C/C=C\C/C=C\C/C=C\C/C=C\CCCCCCCC(=O)OCC(COC(=O)CCCCCCC/C=C\C/C=C\CCCCC)OC(=O)CCCCCCCCCCC/C=C\CCCCCCCCCC. The summed E-state index contributed by atoms with van der Waals surface area (Å²) in [6.07, 6.45) is 84.0. The monoisotopic (exact) mass is 1040 g/mol. The molecular weight excluding hydrogens is 925 g/mol. The number of hydrogen-bond donors (Lipinski definition) is 0. The summed E-state index contributed by atoms with van der Waals surface area (Å²) < 4.78 is 16.9. The van der Waals surface area contributed by atoms with E-state index in [0.29, 0.717) is 19.3 Å². The van der Waals surface area contributed by atoms with Gasteiger partial charge in [-0.1, -0.05) is 259 Å². The summed E-state index contributed by atoms with van der Waals surface area (Å²) in [7, 11) is 0. The van der Waals surface area contributed by atoms with Crippen LogP contribution in [-0.2, 0) is 28.6 Å². The lowest BCUT2D eigenvalue weighted by Gasteiger charge is -2.18. The van der Waals surface area contributed by atoms with Crippen LogP contribution in [0.25, 0.3) is 0 Å². The van der Waals surface area contributed by atoms with E-state index in [2.05, 4.69) is 118 Å². The fourth-order valence-corrected chi connectivity index (χ4v) is 8.79. The number of carbonyl (C=O) groups is 3. The van der Waals surface area contributed by atoms with Crippen LogP contribution in [-0.4, -0.2) is 37.2 Å². The lowest BCUT2D eigenvalue weighted by molar-refractivity contribution is -0.167. The van der Waals surface area contributed by atoms with E-state index < -0.39 is 6.10 Å². The largest absolute Gasteiger partial charge is 0.462 e. The Kier molecular flexibility index (Phi) is 59.8. The Balaban J connectivity index is 4.42. The molecule has 0 aliphatic heterocycles. The first kappa shape index (κ1) is 71.3. The van der Waals surface area contributed by atoms with Crippen molar-refractivity contribution in [3.05, 3.63) is 97.2 Å². The minimum atomic E-state index is -0.795. The predicted molar refractivity (Wildman–Crippen MR) is 325 cm³/mol. The highest BCUT2D eigenvalue weighted by Crippen LogP contribution is 2.15. The van der Waals surface area contributed by atoms with Crippen molar-refractivity contribution >= 4 is 17.9 Å². The van der Waals surface area contributed by atoms with Crippen LogP contribution in [0.15, 0.2) is 97.2 Å². The number of unbranched alkanes of at least 4 members (excludes halogenated alkanes) is 30. The third-order valence-corrected chi connectivity index (χ3v) is 13.5. The van der Waals surface area contributed by atoms with Crippen LogP contribution in [0.2, 0.25) is 0 Å². The Hall–Kier alpha value is -3.67. The predicted octanol–water partition coefficient (Wildman–Crippen LogP) is 21.7. The van der Waals surface area contributed by atoms with Crippen molar-refractivity contribution in [2.75, 3.05) is 13.2 Å². The van der Waals surface area contributed by atoms with Crippen molar-refractivity contribution in [3.63, 3.8) is 0 Å². The Morgan fingerprint density at radius 1 is 0.280 bits per heavy atom. The average Bonchev–Trinajstić information content (AvgIpc) is 3.41. The molecule has 75 heavy (non-hydrogen) atoms. The Morgan fingerprint density at radius 2 is 0.520 bits per heavy atom. The first-order valence-electron chi connectivity index (χ1n) is 31.7. The maximum Gasteiger partial charge on any atom is 0.306 e. The number of ether oxygens (including phenoxy) is 3. The maximum atomic E-state index is 12.9. The molecular formula is C69H118O6. The summed E-state index contributed by atoms with van der Waals surface area (Å²) in [4.78, 5) is 38.3. The lowest BCUT2D eigenvalue weighted by atomic mass is 10.1. The second kappa shape index (κ2) is 62.9. The molecule has 0 bridgehead atoms. The van der Waals surface area contributed by atoms with Gasteiger partial charge in [-0.05, 0) is 122 Å². The van der Waals surface area contributed by atoms with E-state index in [1.54, 1.807) is 0 Å². The van der Waals surface area contributed by atoms with Crippen molar-refractivity contribution in [3.8, 4) is 0 Å². The van der Waals surface area contributed by atoms with Gasteiger partial charge < -0.3 is 14.2 Å². The fraction of sp³-hybridized carbons (Fsp3) is 0.725. The van der Waals surface area contributed by atoms with Crippen LogP contribution in [0.3, 0.4) is 0 Å². The number of allylic oxidation sites excluding steroid dienone is 16. The zero-order valence-corrected chi connectivity index (χ0v) is 49.3. The van der Waals surface area contributed by atoms with Gasteiger partial charge in [-0.2, -0.15) is 0 Å². The van der Waals surface area contributed by atoms with Gasteiger partial charge in [0.1, 0.15) is 13.2 Å². The Morgan fingerprint density at radius 3 is 0.853 bits per heavy atom. The molecule has 0 saturated heterocycles. The van der Waals surface area contributed by atoms with Gasteiger partial charge >= 0.3 is 17.9 Å². The van der Waals surface area contributed by atoms with Crippen molar-refractivity contribution in [1.29, 1.82) is 0 Å². The molecule has 0 spiro atoms. The van der Waals surface area contributed by atoms with Crippen LogP contribution in [0.1, 0.15) is 303 Å². The highest BCUT2D eigenvalue weighted by molar-refractivity contribution is 5.71. The minimum Gasteiger partial charge on any atom is -0.462 e. The van der Waals surface area contributed by atoms with E-state index in [1.165, 1.54) is 128 Å². The summed E-state index contributed by atoms with van der Waals surface area (Å²) in [6.45, 7) is 6.49. The van der Waals surface area contributed by atoms with Gasteiger partial charge in [0.05, 0.1) is 0 Å². The van der Waals surface area contributed by atoms with E-state index >= 15 is 0 Å². The Labute approximate surface area is 464 Å². The van der Waals surface area contributed by atoms with E-state index in [1.807, 2.05) is 0 Å². The van der Waals surface area contributed by atoms with Crippen molar-refractivity contribution in [2.24, 2.45) is 0 Å². The zero-order valence-electron chi connectivity index (χ0n) is 49.3. The summed E-state index contributed by atoms with van der Waals surface area (Å²) in [6, 6.07) is 0. The van der Waals surface area contributed by atoms with E-state index in [-0.39, 0.29) is 31.1 Å². The highest BCUT2D eigenvalue weighted by Gasteiger charge is 2.19. The second-order valence-electron chi connectivity index (χ2n) is 20.9. The van der Waals surface area contributed by atoms with Crippen LogP contribution in [0.4, 0.5) is 0 Å². The number of hydrogen-bond acceptors (Lipinski definition) is 6. The minimum absolute atomic E-state index is 0.0917. The molecule has 0 saturated carbocycles. The molecule has 0 heterocycles. The smallest absolute Gasteiger partial charge is 0.306 e. The first-order valence-corrected chi connectivity index (χ1v) is 31.7. The molecule has 0 aromatic heterocycles. The maximum absolute atomic E-state index is 12.9. The van der Waals surface area contributed by atoms with Gasteiger partial charge in [0.2, 0.25) is 0 Å². The molecule has 0 aliphatic carbocycles. The molecule has 0 aliphatic rings. The van der Waals surface area contributed by atoms with Crippen LogP contribution < -0.4 is 0 Å². The van der Waals surface area contributed by atoms with Gasteiger partial charge in [0.15, 0.2) is 6.10 Å². The standard InChI is InChI=1S/C69H118O6/c1-4-7-10-13-16-19-22-25-28-30-32-34-36-38-41-44-47-50-53-56-59-62-68(71)74-65-66(64-73-67(70)61-58-55-52-49-46-43-40-27-24-21-18-15-12-9-6-3)75-69(72)63-60-57-54-51-48-45-42-39-37-35-33-31-29-26-23-20-17-14-11-8-5-2/h7,10,16,18-19,21,25,27-28,31-34,38,40-41,66H,4-6,8-9,11-15,17,20,22-24,26,29-30,35-37,39,42-65H2,1-3H3/b10-7-,19-16-,21-18-,28-25-,33-31-,34-32-,40-27-,41-38-. The fourth-order valence-electron chi connectivity index (χ4n) is 8.79. The summed E-state index contributed by atoms with van der Waals surface area (Å²) in [5.74, 6) is -0.916. The summed E-state index contributed by atoms with van der Waals surface area (Å²) in [5, 5.41) is 0. The summed E-state index contributed by atoms with van der Waals surface area (Å²) >= 11 is 0. The van der Waals surface area contributed by atoms with Crippen molar-refractivity contribution in [1.82, 2.24) is 0 Å². The van der Waals surface area contributed by atoms with Crippen molar-refractivity contribution in [2.45, 2.75) is 309 Å². The van der Waals surface area contributed by atoms with Crippen LogP contribution >= 0.6 is 0 Å². The van der Waals surface area contributed by atoms with Crippen LogP contribution in [0.5, 0.6) is 0 Å². The van der Waals surface area contributed by atoms with E-state index in [9.17, 15) is 14.4 Å². The molecule has 1 atom stereocenters. The molecule has 430 valence electrons. The first-order chi connectivity index (χ1) is 37.0. The average molecular weight is 1040 g/mol. The molecule has 6 heteroatoms.